The second-order valence-electron chi connectivity index (χ2n) is 6.51. The van der Waals surface area contributed by atoms with Crippen LogP contribution in [0.2, 0.25) is 0 Å². The summed E-state index contributed by atoms with van der Waals surface area (Å²) in [6.07, 6.45) is 1.80. The van der Waals surface area contributed by atoms with Crippen LogP contribution in [0.4, 0.5) is 17.3 Å². The zero-order valence-electron chi connectivity index (χ0n) is 15.4. The van der Waals surface area contributed by atoms with Gasteiger partial charge in [0.15, 0.2) is 0 Å². The molecule has 0 amide bonds. The number of hydrogen-bond acceptors (Lipinski definition) is 5. The monoisotopic (exact) mass is 355 g/mol. The van der Waals surface area contributed by atoms with Gasteiger partial charge >= 0.3 is 0 Å². The summed E-state index contributed by atoms with van der Waals surface area (Å²) in [4.78, 5) is 15.8. The highest BCUT2D eigenvalue weighted by Gasteiger charge is 2.09. The van der Waals surface area contributed by atoms with Crippen molar-refractivity contribution in [1.82, 2.24) is 15.0 Å². The number of nitrogens with zero attached hydrogens (tertiary/aromatic N) is 4. The molecular weight excluding hydrogens is 334 g/mol. The molecule has 0 spiro atoms. The molecule has 4 rings (SSSR count). The number of hydrogen-bond donors (Lipinski definition) is 1. The molecule has 0 atom stereocenters. The van der Waals surface area contributed by atoms with Gasteiger partial charge in [-0.3, -0.25) is 4.98 Å². The second-order valence-corrected chi connectivity index (χ2v) is 6.51. The van der Waals surface area contributed by atoms with E-state index in [1.807, 2.05) is 44.3 Å². The first-order chi connectivity index (χ1) is 13.2. The average Bonchev–Trinajstić information content (AvgIpc) is 2.69. The Labute approximate surface area is 158 Å². The minimum absolute atomic E-state index is 0.725. The molecule has 0 aliphatic carbocycles. The molecule has 0 radical (unpaired) electrons. The standard InChI is InChI=1S/C22H21N5/c1-16-24-20(26-19-12-6-10-18-11-7-13-23-22(18)19)14-21(25-16)27(2)15-17-8-4-3-5-9-17/h3-14H,15H2,1-2H3,(H,24,25,26). The van der Waals surface area contributed by atoms with Gasteiger partial charge in [-0.15, -0.1) is 0 Å². The summed E-state index contributed by atoms with van der Waals surface area (Å²) in [5.41, 5.74) is 3.10. The molecule has 2 aromatic carbocycles. The summed E-state index contributed by atoms with van der Waals surface area (Å²) in [5, 5.41) is 4.50. The minimum atomic E-state index is 0.725. The molecular formula is C22H21N5. The van der Waals surface area contributed by atoms with Crippen LogP contribution in [0.25, 0.3) is 10.9 Å². The van der Waals surface area contributed by atoms with Crippen molar-refractivity contribution in [2.75, 3.05) is 17.3 Å². The van der Waals surface area contributed by atoms with E-state index in [-0.39, 0.29) is 0 Å². The lowest BCUT2D eigenvalue weighted by Crippen LogP contribution is -2.18. The maximum Gasteiger partial charge on any atom is 0.136 e. The van der Waals surface area contributed by atoms with Gasteiger partial charge in [-0.25, -0.2) is 9.97 Å². The Morgan fingerprint density at radius 3 is 2.59 bits per heavy atom. The third-order valence-electron chi connectivity index (χ3n) is 4.37. The highest BCUT2D eigenvalue weighted by molar-refractivity contribution is 5.91. The van der Waals surface area contributed by atoms with Gasteiger partial charge in [-0.1, -0.05) is 48.5 Å². The van der Waals surface area contributed by atoms with Crippen LogP contribution in [-0.4, -0.2) is 22.0 Å². The van der Waals surface area contributed by atoms with Crippen LogP contribution in [0, 0.1) is 6.92 Å². The normalized spacial score (nSPS) is 10.7. The highest BCUT2D eigenvalue weighted by Crippen LogP contribution is 2.25. The fourth-order valence-corrected chi connectivity index (χ4v) is 3.09. The molecule has 0 aliphatic rings. The van der Waals surface area contributed by atoms with Crippen molar-refractivity contribution in [3.05, 3.63) is 84.3 Å². The summed E-state index contributed by atoms with van der Waals surface area (Å²) in [6, 6.07) is 22.4. The summed E-state index contributed by atoms with van der Waals surface area (Å²) in [6.45, 7) is 2.69. The van der Waals surface area contributed by atoms with E-state index in [2.05, 4.69) is 61.6 Å². The van der Waals surface area contributed by atoms with Gasteiger partial charge in [0.05, 0.1) is 11.2 Å². The Morgan fingerprint density at radius 1 is 0.926 bits per heavy atom. The van der Waals surface area contributed by atoms with Gasteiger partial charge < -0.3 is 10.2 Å². The number of aryl methyl sites for hydroxylation is 1. The predicted molar refractivity (Wildman–Crippen MR) is 110 cm³/mol. The fourth-order valence-electron chi connectivity index (χ4n) is 3.09. The first kappa shape index (κ1) is 17.0. The number of benzene rings is 2. The summed E-state index contributed by atoms with van der Waals surface area (Å²) >= 11 is 0. The maximum absolute atomic E-state index is 4.59. The van der Waals surface area contributed by atoms with Gasteiger partial charge in [-0.2, -0.15) is 0 Å². The lowest BCUT2D eigenvalue weighted by atomic mass is 10.2. The third-order valence-corrected chi connectivity index (χ3v) is 4.37. The van der Waals surface area contributed by atoms with Crippen LogP contribution >= 0.6 is 0 Å². The molecule has 2 heterocycles. The van der Waals surface area contributed by atoms with Gasteiger partial charge in [0, 0.05) is 31.2 Å². The average molecular weight is 355 g/mol. The zero-order chi connectivity index (χ0) is 18.6. The van der Waals surface area contributed by atoms with Crippen molar-refractivity contribution in [2.24, 2.45) is 0 Å². The highest BCUT2D eigenvalue weighted by atomic mass is 15.2. The number of fused-ring (bicyclic) bond motifs is 1. The largest absolute Gasteiger partial charge is 0.355 e. The van der Waals surface area contributed by atoms with E-state index in [0.29, 0.717) is 0 Å². The summed E-state index contributed by atoms with van der Waals surface area (Å²) in [7, 11) is 2.04. The van der Waals surface area contributed by atoms with Crippen LogP contribution in [0.3, 0.4) is 0 Å². The molecule has 5 nitrogen and oxygen atoms in total. The number of anilines is 3. The molecule has 1 N–H and O–H groups in total. The van der Waals surface area contributed by atoms with E-state index in [9.17, 15) is 0 Å². The van der Waals surface area contributed by atoms with Crippen LogP contribution < -0.4 is 10.2 Å². The SMILES string of the molecule is Cc1nc(Nc2cccc3cccnc23)cc(N(C)Cc2ccccc2)n1. The molecule has 0 fully saturated rings. The Kier molecular flexibility index (Phi) is 4.66. The Balaban J connectivity index is 1.62. The molecule has 0 aliphatic heterocycles. The third kappa shape index (κ3) is 3.87. The van der Waals surface area contributed by atoms with E-state index in [4.69, 9.17) is 0 Å². The van der Waals surface area contributed by atoms with Gasteiger partial charge in [-0.05, 0) is 24.6 Å². The maximum atomic E-state index is 4.59. The fraction of sp³-hybridized carbons (Fsp3) is 0.136. The van der Waals surface area contributed by atoms with Crippen molar-refractivity contribution in [3.8, 4) is 0 Å². The number of aromatic nitrogens is 3. The molecule has 4 aromatic rings. The Morgan fingerprint density at radius 2 is 1.74 bits per heavy atom. The molecule has 2 aromatic heterocycles. The first-order valence-electron chi connectivity index (χ1n) is 8.90. The van der Waals surface area contributed by atoms with Crippen molar-refractivity contribution in [3.63, 3.8) is 0 Å². The summed E-state index contributed by atoms with van der Waals surface area (Å²) < 4.78 is 0. The molecule has 0 saturated carbocycles. The zero-order valence-corrected chi connectivity index (χ0v) is 15.4. The van der Waals surface area contributed by atoms with Crippen LogP contribution in [0.1, 0.15) is 11.4 Å². The smallest absolute Gasteiger partial charge is 0.136 e. The molecule has 27 heavy (non-hydrogen) atoms. The Hall–Kier alpha value is -3.47. The van der Waals surface area contributed by atoms with Crippen molar-refractivity contribution < 1.29 is 0 Å². The van der Waals surface area contributed by atoms with Crippen molar-refractivity contribution >= 4 is 28.2 Å². The number of pyridine rings is 1. The number of para-hydroxylation sites is 1. The van der Waals surface area contributed by atoms with Gasteiger partial charge in [0.25, 0.3) is 0 Å². The summed E-state index contributed by atoms with van der Waals surface area (Å²) in [5.74, 6) is 2.36. The topological polar surface area (TPSA) is 53.9 Å². The minimum Gasteiger partial charge on any atom is -0.355 e. The molecule has 0 unspecified atom stereocenters. The first-order valence-corrected chi connectivity index (χ1v) is 8.90. The number of nitrogens with one attached hydrogen (secondary N) is 1. The van der Waals surface area contributed by atoms with Crippen molar-refractivity contribution in [1.29, 1.82) is 0 Å². The van der Waals surface area contributed by atoms with E-state index in [0.717, 1.165) is 40.6 Å². The predicted octanol–water partition coefficient (Wildman–Crippen LogP) is 4.71. The van der Waals surface area contributed by atoms with Crippen LogP contribution in [0.5, 0.6) is 0 Å². The van der Waals surface area contributed by atoms with Crippen molar-refractivity contribution in [2.45, 2.75) is 13.5 Å². The van der Waals surface area contributed by atoms with Gasteiger partial charge in [0.1, 0.15) is 17.5 Å². The lowest BCUT2D eigenvalue weighted by Gasteiger charge is -2.19. The second kappa shape index (κ2) is 7.41. The molecule has 0 bridgehead atoms. The van der Waals surface area contributed by atoms with E-state index in [1.54, 1.807) is 6.20 Å². The number of rotatable bonds is 5. The van der Waals surface area contributed by atoms with E-state index < -0.39 is 0 Å². The quantitative estimate of drug-likeness (QED) is 0.562. The van der Waals surface area contributed by atoms with E-state index in [1.165, 1.54) is 5.56 Å². The molecule has 5 heteroatoms. The van der Waals surface area contributed by atoms with E-state index >= 15 is 0 Å². The Bertz CT molecular complexity index is 1060. The van der Waals surface area contributed by atoms with Crippen LogP contribution in [0.15, 0.2) is 72.9 Å². The van der Waals surface area contributed by atoms with Crippen LogP contribution in [-0.2, 0) is 6.54 Å². The van der Waals surface area contributed by atoms with Gasteiger partial charge in [0.2, 0.25) is 0 Å². The molecule has 0 saturated heterocycles. The lowest BCUT2D eigenvalue weighted by molar-refractivity contribution is 0.880. The molecule has 134 valence electrons.